The third kappa shape index (κ3) is 1.61. The minimum atomic E-state index is -0.266. The van der Waals surface area contributed by atoms with E-state index < -0.39 is 0 Å². The molecule has 0 aliphatic heterocycles. The van der Waals surface area contributed by atoms with E-state index in [1.807, 2.05) is 19.1 Å². The Bertz CT molecular complexity index is 382. The number of thiophene rings is 1. The molecule has 1 atom stereocenters. The van der Waals surface area contributed by atoms with Crippen molar-refractivity contribution in [2.24, 2.45) is 5.73 Å². The molecule has 4 nitrogen and oxygen atoms in total. The average molecular weight is 195 g/mol. The van der Waals surface area contributed by atoms with E-state index in [0.717, 1.165) is 4.88 Å². The lowest BCUT2D eigenvalue weighted by atomic mass is 10.2. The number of aryl methyl sites for hydroxylation is 1. The molecule has 0 aliphatic rings. The van der Waals surface area contributed by atoms with E-state index in [9.17, 15) is 0 Å². The van der Waals surface area contributed by atoms with Gasteiger partial charge in [0.15, 0.2) is 5.82 Å². The van der Waals surface area contributed by atoms with Gasteiger partial charge in [0.05, 0.1) is 0 Å². The van der Waals surface area contributed by atoms with Crippen LogP contribution in [0.25, 0.3) is 0 Å². The Morgan fingerprint density at radius 2 is 2.38 bits per heavy atom. The van der Waals surface area contributed by atoms with Crippen LogP contribution in [-0.4, -0.2) is 10.1 Å². The smallest absolute Gasteiger partial charge is 0.213 e. The first-order valence-electron chi connectivity index (χ1n) is 3.85. The van der Waals surface area contributed by atoms with Gasteiger partial charge in [0.25, 0.3) is 0 Å². The maximum atomic E-state index is 5.90. The number of aromatic nitrogens is 2. The number of hydrogen-bond acceptors (Lipinski definition) is 5. The summed E-state index contributed by atoms with van der Waals surface area (Å²) in [7, 11) is 0. The van der Waals surface area contributed by atoms with Crippen molar-refractivity contribution < 1.29 is 4.52 Å². The van der Waals surface area contributed by atoms with Crippen molar-refractivity contribution in [3.63, 3.8) is 0 Å². The van der Waals surface area contributed by atoms with Crippen LogP contribution in [0, 0.1) is 6.92 Å². The molecule has 0 fully saturated rings. The number of hydrogen-bond donors (Lipinski definition) is 1. The molecule has 68 valence electrons. The highest BCUT2D eigenvalue weighted by Crippen LogP contribution is 2.23. The number of nitrogens with two attached hydrogens (primary N) is 1. The molecule has 2 N–H and O–H groups in total. The highest BCUT2D eigenvalue weighted by Gasteiger charge is 2.14. The predicted octanol–water partition coefficient (Wildman–Crippen LogP) is 1.49. The molecule has 0 saturated heterocycles. The minimum Gasteiger partial charge on any atom is -0.343 e. The van der Waals surface area contributed by atoms with Gasteiger partial charge in [-0.05, 0) is 19.1 Å². The molecule has 0 amide bonds. The molecule has 0 aliphatic carbocycles. The van der Waals surface area contributed by atoms with Gasteiger partial charge < -0.3 is 10.3 Å². The summed E-state index contributed by atoms with van der Waals surface area (Å²) in [5.74, 6) is 0.529. The molecule has 5 heteroatoms. The monoisotopic (exact) mass is 195 g/mol. The van der Waals surface area contributed by atoms with Gasteiger partial charge in [-0.2, -0.15) is 4.98 Å². The summed E-state index contributed by atoms with van der Waals surface area (Å²) in [6.07, 6.45) is 1.29. The number of rotatable bonds is 2. The third-order valence-electron chi connectivity index (χ3n) is 1.72. The molecule has 0 bridgehead atoms. The fraction of sp³-hybridized carbons (Fsp3) is 0.250. The Balaban J connectivity index is 2.28. The molecule has 2 aromatic rings. The highest BCUT2D eigenvalue weighted by molar-refractivity contribution is 7.12. The Labute approximate surface area is 79.4 Å². The third-order valence-corrected chi connectivity index (χ3v) is 2.81. The van der Waals surface area contributed by atoms with Crippen LogP contribution in [0.15, 0.2) is 23.0 Å². The maximum absolute atomic E-state index is 5.90. The fourth-order valence-corrected chi connectivity index (χ4v) is 1.94. The zero-order valence-corrected chi connectivity index (χ0v) is 7.91. The van der Waals surface area contributed by atoms with Gasteiger partial charge in [-0.25, -0.2) is 0 Å². The van der Waals surface area contributed by atoms with Gasteiger partial charge in [0, 0.05) is 9.75 Å². The van der Waals surface area contributed by atoms with E-state index in [4.69, 9.17) is 5.73 Å². The van der Waals surface area contributed by atoms with Crippen molar-refractivity contribution in [2.75, 3.05) is 0 Å². The van der Waals surface area contributed by atoms with Crippen LogP contribution in [0.2, 0.25) is 0 Å². The molecule has 1 unspecified atom stereocenters. The van der Waals surface area contributed by atoms with Crippen molar-refractivity contribution in [1.29, 1.82) is 0 Å². The van der Waals surface area contributed by atoms with Crippen molar-refractivity contribution in [2.45, 2.75) is 13.0 Å². The van der Waals surface area contributed by atoms with Crippen molar-refractivity contribution in [3.8, 4) is 0 Å². The van der Waals surface area contributed by atoms with Crippen LogP contribution in [0.4, 0.5) is 0 Å². The van der Waals surface area contributed by atoms with Gasteiger partial charge in [-0.15, -0.1) is 11.3 Å². The first-order valence-corrected chi connectivity index (χ1v) is 4.67. The summed E-state index contributed by atoms with van der Waals surface area (Å²) in [6.45, 7) is 2.04. The summed E-state index contributed by atoms with van der Waals surface area (Å²) in [6, 6.07) is 3.75. The highest BCUT2D eigenvalue weighted by atomic mass is 32.1. The fourth-order valence-electron chi connectivity index (χ4n) is 1.06. The topological polar surface area (TPSA) is 64.9 Å². The van der Waals surface area contributed by atoms with Gasteiger partial charge >= 0.3 is 0 Å². The SMILES string of the molecule is Cc1ccc(C(N)c2ncon2)s1. The second-order valence-corrected chi connectivity index (χ2v) is 4.03. The lowest BCUT2D eigenvalue weighted by molar-refractivity contribution is 0.407. The maximum Gasteiger partial charge on any atom is 0.213 e. The van der Waals surface area contributed by atoms with Crippen molar-refractivity contribution in [1.82, 2.24) is 10.1 Å². The second kappa shape index (κ2) is 3.27. The molecule has 0 aromatic carbocycles. The quantitative estimate of drug-likeness (QED) is 0.788. The minimum absolute atomic E-state index is 0.266. The predicted molar refractivity (Wildman–Crippen MR) is 49.4 cm³/mol. The van der Waals surface area contributed by atoms with Crippen molar-refractivity contribution in [3.05, 3.63) is 34.1 Å². The molecule has 0 spiro atoms. The number of nitrogens with zero attached hydrogens (tertiary/aromatic N) is 2. The zero-order chi connectivity index (χ0) is 9.26. The van der Waals surface area contributed by atoms with Crippen LogP contribution in [-0.2, 0) is 0 Å². The van der Waals surface area contributed by atoms with Crippen LogP contribution in [0.3, 0.4) is 0 Å². The molecule has 0 radical (unpaired) electrons. The van der Waals surface area contributed by atoms with Gasteiger partial charge in [0.2, 0.25) is 6.39 Å². The summed E-state index contributed by atoms with van der Waals surface area (Å²) in [4.78, 5) is 6.19. The molecular weight excluding hydrogens is 186 g/mol. The van der Waals surface area contributed by atoms with E-state index in [2.05, 4.69) is 14.7 Å². The van der Waals surface area contributed by atoms with E-state index in [0.29, 0.717) is 5.82 Å². The largest absolute Gasteiger partial charge is 0.343 e. The van der Waals surface area contributed by atoms with Crippen molar-refractivity contribution >= 4 is 11.3 Å². The molecule has 2 aromatic heterocycles. The van der Waals surface area contributed by atoms with E-state index in [-0.39, 0.29) is 6.04 Å². The summed E-state index contributed by atoms with van der Waals surface area (Å²) in [5, 5.41) is 3.70. The summed E-state index contributed by atoms with van der Waals surface area (Å²) >= 11 is 1.65. The van der Waals surface area contributed by atoms with E-state index in [1.165, 1.54) is 11.3 Å². The molecule has 2 rings (SSSR count). The van der Waals surface area contributed by atoms with Gasteiger partial charge in [0.1, 0.15) is 6.04 Å². The second-order valence-electron chi connectivity index (χ2n) is 2.72. The summed E-state index contributed by atoms with van der Waals surface area (Å²) in [5.41, 5.74) is 5.90. The molecule has 0 saturated carbocycles. The van der Waals surface area contributed by atoms with Gasteiger partial charge in [-0.1, -0.05) is 5.16 Å². The first kappa shape index (κ1) is 8.40. The van der Waals surface area contributed by atoms with Crippen LogP contribution < -0.4 is 5.73 Å². The van der Waals surface area contributed by atoms with Gasteiger partial charge in [-0.3, -0.25) is 0 Å². The van der Waals surface area contributed by atoms with Crippen LogP contribution in [0.1, 0.15) is 21.6 Å². The normalized spacial score (nSPS) is 13.1. The van der Waals surface area contributed by atoms with Crippen LogP contribution >= 0.6 is 11.3 Å². The summed E-state index contributed by atoms with van der Waals surface area (Å²) < 4.78 is 4.63. The molecular formula is C8H9N3OS. The first-order chi connectivity index (χ1) is 6.27. The average Bonchev–Trinajstić information content (AvgIpc) is 2.72. The lowest BCUT2D eigenvalue weighted by Crippen LogP contribution is -2.11. The molecule has 13 heavy (non-hydrogen) atoms. The lowest BCUT2D eigenvalue weighted by Gasteiger charge is -2.01. The zero-order valence-electron chi connectivity index (χ0n) is 7.10. The Hall–Kier alpha value is -1.20. The Morgan fingerprint density at radius 1 is 1.54 bits per heavy atom. The molecule has 2 heterocycles. The Morgan fingerprint density at radius 3 is 2.92 bits per heavy atom. The standard InChI is InChI=1S/C8H9N3OS/c1-5-2-3-6(13-5)7(9)8-10-4-12-11-8/h2-4,7H,9H2,1H3. The van der Waals surface area contributed by atoms with Crippen LogP contribution in [0.5, 0.6) is 0 Å². The van der Waals surface area contributed by atoms with E-state index >= 15 is 0 Å². The van der Waals surface area contributed by atoms with E-state index in [1.54, 1.807) is 11.3 Å². The Kier molecular flexibility index (Phi) is 2.12.